The van der Waals surface area contributed by atoms with E-state index in [1.807, 2.05) is 0 Å². The molecule has 0 aliphatic heterocycles. The summed E-state index contributed by atoms with van der Waals surface area (Å²) in [4.78, 5) is 0. The molecule has 2 rings (SSSR count). The SMILES string of the molecule is C.C=C(C)CC1(C)C(C)=C(/C=C\C)c2ccccc21. The second-order valence-corrected chi connectivity index (χ2v) is 5.55. The molecule has 0 N–H and O–H groups in total. The average molecular weight is 254 g/mol. The van der Waals surface area contributed by atoms with Gasteiger partial charge in [0.2, 0.25) is 0 Å². The summed E-state index contributed by atoms with van der Waals surface area (Å²) in [5, 5.41) is 0. The largest absolute Gasteiger partial charge is 0.100 e. The number of fused-ring (bicyclic) bond motifs is 1. The second-order valence-electron chi connectivity index (χ2n) is 5.55. The van der Waals surface area contributed by atoms with Crippen LogP contribution in [0.2, 0.25) is 0 Å². The summed E-state index contributed by atoms with van der Waals surface area (Å²) >= 11 is 0. The predicted octanol–water partition coefficient (Wildman–Crippen LogP) is 5.91. The Kier molecular flexibility index (Phi) is 4.57. The minimum absolute atomic E-state index is 0. The Labute approximate surface area is 118 Å². The quantitative estimate of drug-likeness (QED) is 0.588. The predicted molar refractivity (Wildman–Crippen MR) is 87.4 cm³/mol. The van der Waals surface area contributed by atoms with E-state index in [0.29, 0.717) is 0 Å². The van der Waals surface area contributed by atoms with Gasteiger partial charge in [-0.2, -0.15) is 0 Å². The van der Waals surface area contributed by atoms with E-state index in [1.54, 1.807) is 0 Å². The molecule has 1 aromatic carbocycles. The van der Waals surface area contributed by atoms with Gasteiger partial charge in [0.1, 0.15) is 0 Å². The van der Waals surface area contributed by atoms with Crippen molar-refractivity contribution in [3.8, 4) is 0 Å². The Morgan fingerprint density at radius 1 is 1.32 bits per heavy atom. The van der Waals surface area contributed by atoms with Crippen molar-refractivity contribution in [1.29, 1.82) is 0 Å². The minimum Gasteiger partial charge on any atom is -0.100 e. The van der Waals surface area contributed by atoms with Crippen molar-refractivity contribution >= 4 is 5.57 Å². The van der Waals surface area contributed by atoms with Crippen molar-refractivity contribution in [3.63, 3.8) is 0 Å². The highest BCUT2D eigenvalue weighted by Gasteiger charge is 2.37. The fourth-order valence-corrected chi connectivity index (χ4v) is 3.11. The molecule has 102 valence electrons. The number of allylic oxidation sites excluding steroid dienone is 5. The van der Waals surface area contributed by atoms with Crippen LogP contribution in [0.25, 0.3) is 5.57 Å². The first-order valence-electron chi connectivity index (χ1n) is 6.59. The van der Waals surface area contributed by atoms with Crippen LogP contribution in [0.15, 0.2) is 54.1 Å². The Morgan fingerprint density at radius 2 is 1.95 bits per heavy atom. The molecule has 1 unspecified atom stereocenters. The zero-order chi connectivity index (χ0) is 13.3. The first-order chi connectivity index (χ1) is 8.50. The van der Waals surface area contributed by atoms with Crippen LogP contribution in [0.4, 0.5) is 0 Å². The molecule has 19 heavy (non-hydrogen) atoms. The van der Waals surface area contributed by atoms with E-state index >= 15 is 0 Å². The van der Waals surface area contributed by atoms with Crippen molar-refractivity contribution < 1.29 is 0 Å². The van der Waals surface area contributed by atoms with Gasteiger partial charge in [-0.05, 0) is 43.9 Å². The zero-order valence-electron chi connectivity index (χ0n) is 11.9. The lowest BCUT2D eigenvalue weighted by Gasteiger charge is -2.28. The third-order valence-electron chi connectivity index (χ3n) is 4.03. The molecule has 0 amide bonds. The van der Waals surface area contributed by atoms with Gasteiger partial charge in [-0.15, -0.1) is 6.58 Å². The summed E-state index contributed by atoms with van der Waals surface area (Å²) in [7, 11) is 0. The molecule has 0 nitrogen and oxygen atoms in total. The molecule has 0 spiro atoms. The molecule has 0 aromatic heterocycles. The first kappa shape index (κ1) is 15.5. The Morgan fingerprint density at radius 3 is 2.53 bits per heavy atom. The number of hydrogen-bond acceptors (Lipinski definition) is 0. The monoisotopic (exact) mass is 254 g/mol. The molecule has 0 heteroatoms. The van der Waals surface area contributed by atoms with Gasteiger partial charge in [0.25, 0.3) is 0 Å². The lowest BCUT2D eigenvalue weighted by molar-refractivity contribution is 0.563. The van der Waals surface area contributed by atoms with Gasteiger partial charge < -0.3 is 0 Å². The van der Waals surface area contributed by atoms with E-state index in [9.17, 15) is 0 Å². The Bertz CT molecular complexity index is 543. The normalized spacial score (nSPS) is 21.5. The van der Waals surface area contributed by atoms with E-state index in [0.717, 1.165) is 6.42 Å². The lowest BCUT2D eigenvalue weighted by Crippen LogP contribution is -2.21. The van der Waals surface area contributed by atoms with Crippen LogP contribution in [0.3, 0.4) is 0 Å². The molecule has 1 atom stereocenters. The van der Waals surface area contributed by atoms with Crippen molar-refractivity contribution in [3.05, 3.63) is 65.3 Å². The van der Waals surface area contributed by atoms with Crippen molar-refractivity contribution in [2.45, 2.75) is 47.0 Å². The summed E-state index contributed by atoms with van der Waals surface area (Å²) in [5.41, 5.74) is 7.03. The molecule has 1 aromatic rings. The molecular weight excluding hydrogens is 228 g/mol. The summed E-state index contributed by atoms with van der Waals surface area (Å²) in [6.45, 7) is 12.9. The lowest BCUT2D eigenvalue weighted by atomic mass is 9.75. The maximum atomic E-state index is 4.10. The zero-order valence-corrected chi connectivity index (χ0v) is 11.9. The molecule has 1 aliphatic rings. The van der Waals surface area contributed by atoms with Crippen LogP contribution in [-0.4, -0.2) is 0 Å². The van der Waals surface area contributed by atoms with Gasteiger partial charge in [0, 0.05) is 5.41 Å². The van der Waals surface area contributed by atoms with E-state index < -0.39 is 0 Å². The van der Waals surface area contributed by atoms with Gasteiger partial charge in [-0.1, -0.05) is 61.9 Å². The number of rotatable bonds is 3. The minimum atomic E-state index is 0. The molecule has 0 radical (unpaired) electrons. The van der Waals surface area contributed by atoms with Gasteiger partial charge in [0.15, 0.2) is 0 Å². The molecule has 0 bridgehead atoms. The van der Waals surface area contributed by atoms with E-state index in [2.05, 4.69) is 70.7 Å². The highest BCUT2D eigenvalue weighted by Crippen LogP contribution is 2.49. The fourth-order valence-electron chi connectivity index (χ4n) is 3.11. The topological polar surface area (TPSA) is 0 Å². The Hall–Kier alpha value is -1.56. The molecular formula is C19H26. The molecule has 0 fully saturated rings. The third-order valence-corrected chi connectivity index (χ3v) is 4.03. The molecule has 0 saturated carbocycles. The average Bonchev–Trinajstić information content (AvgIpc) is 2.52. The van der Waals surface area contributed by atoms with E-state index in [4.69, 9.17) is 0 Å². The Balaban J connectivity index is 0.00000180. The van der Waals surface area contributed by atoms with Crippen molar-refractivity contribution in [2.24, 2.45) is 0 Å². The highest BCUT2D eigenvalue weighted by atomic mass is 14.4. The maximum Gasteiger partial charge on any atom is 0.0183 e. The van der Waals surface area contributed by atoms with E-state index in [-0.39, 0.29) is 12.8 Å². The van der Waals surface area contributed by atoms with Crippen LogP contribution in [0.1, 0.15) is 52.7 Å². The fraction of sp³-hybridized carbons (Fsp3) is 0.368. The van der Waals surface area contributed by atoms with Gasteiger partial charge >= 0.3 is 0 Å². The van der Waals surface area contributed by atoms with Crippen LogP contribution in [0, 0.1) is 0 Å². The summed E-state index contributed by atoms with van der Waals surface area (Å²) < 4.78 is 0. The van der Waals surface area contributed by atoms with Crippen molar-refractivity contribution in [1.82, 2.24) is 0 Å². The van der Waals surface area contributed by atoms with Gasteiger partial charge in [-0.3, -0.25) is 0 Å². The maximum absolute atomic E-state index is 4.10. The van der Waals surface area contributed by atoms with Crippen LogP contribution >= 0.6 is 0 Å². The van der Waals surface area contributed by atoms with Crippen molar-refractivity contribution in [2.75, 3.05) is 0 Å². The first-order valence-corrected chi connectivity index (χ1v) is 6.59. The number of hydrogen-bond donors (Lipinski definition) is 0. The van der Waals surface area contributed by atoms with E-state index in [1.165, 1.54) is 27.8 Å². The standard InChI is InChI=1S/C18H22.CH4/c1-6-9-15-14(4)18(5,12-13(2)3)17-11-8-7-10-16(15)17;/h6-11H,2,12H2,1,3-5H3;1H4/b9-6-;. The molecule has 0 heterocycles. The summed E-state index contributed by atoms with van der Waals surface area (Å²) in [5.74, 6) is 0. The number of benzene rings is 1. The second kappa shape index (κ2) is 5.61. The summed E-state index contributed by atoms with van der Waals surface area (Å²) in [6.07, 6.45) is 5.39. The molecule has 1 aliphatic carbocycles. The van der Waals surface area contributed by atoms with Gasteiger partial charge in [-0.25, -0.2) is 0 Å². The molecule has 0 saturated heterocycles. The van der Waals surface area contributed by atoms with Crippen LogP contribution in [0.5, 0.6) is 0 Å². The third kappa shape index (κ3) is 2.45. The smallest absolute Gasteiger partial charge is 0.0183 e. The summed E-state index contributed by atoms with van der Waals surface area (Å²) in [6, 6.07) is 8.76. The van der Waals surface area contributed by atoms with Crippen LogP contribution in [-0.2, 0) is 5.41 Å². The highest BCUT2D eigenvalue weighted by molar-refractivity contribution is 5.85. The van der Waals surface area contributed by atoms with Gasteiger partial charge in [0.05, 0.1) is 0 Å². The van der Waals surface area contributed by atoms with Crippen LogP contribution < -0.4 is 0 Å².